The topological polar surface area (TPSA) is 30.5 Å². The molecule has 1 aliphatic rings. The van der Waals surface area contributed by atoms with Crippen LogP contribution in [0.15, 0.2) is 67.1 Å². The minimum absolute atomic E-state index is 0.722. The van der Waals surface area contributed by atoms with E-state index in [1.165, 1.54) is 5.69 Å². The van der Waals surface area contributed by atoms with Crippen molar-refractivity contribution in [1.29, 1.82) is 0 Å². The van der Waals surface area contributed by atoms with Crippen LogP contribution in [0.3, 0.4) is 0 Å². The van der Waals surface area contributed by atoms with E-state index >= 15 is 0 Å². The summed E-state index contributed by atoms with van der Waals surface area (Å²) in [6, 6.07) is 14.5. The molecule has 0 aliphatic carbocycles. The largest absolute Gasteiger partial charge is 0.368 e. The first-order valence-corrected chi connectivity index (χ1v) is 10.6. The predicted octanol–water partition coefficient (Wildman–Crippen LogP) is 6.08. The number of aryl methyl sites for hydroxylation is 1. The number of rotatable bonds is 8. The Kier molecular flexibility index (Phi) is 7.10. The molecule has 2 N–H and O–H groups in total. The van der Waals surface area contributed by atoms with E-state index in [0.29, 0.717) is 0 Å². The third-order valence-electron chi connectivity index (χ3n) is 5.26. The summed E-state index contributed by atoms with van der Waals surface area (Å²) in [5.41, 5.74) is 5.46. The highest BCUT2D eigenvalue weighted by molar-refractivity contribution is 6.33. The number of benzene rings is 2. The second kappa shape index (κ2) is 9.75. The SMILES string of the molecule is C=C(CCC)Nc1ccc(N2CCN(C(=C)Nc3c(C)cccc3Cl)CC2)cc1. The van der Waals surface area contributed by atoms with Crippen LogP contribution >= 0.6 is 11.6 Å². The van der Waals surface area contributed by atoms with E-state index in [2.05, 4.69) is 77.8 Å². The van der Waals surface area contributed by atoms with Crippen molar-refractivity contribution in [2.75, 3.05) is 41.7 Å². The van der Waals surface area contributed by atoms with Gasteiger partial charge in [-0.1, -0.05) is 50.2 Å². The zero-order valence-corrected chi connectivity index (χ0v) is 18.2. The molecule has 2 aromatic carbocycles. The fraction of sp³-hybridized carbons (Fsp3) is 0.333. The van der Waals surface area contributed by atoms with Crippen LogP contribution in [0.25, 0.3) is 0 Å². The summed E-state index contributed by atoms with van der Waals surface area (Å²) in [7, 11) is 0. The van der Waals surface area contributed by atoms with Crippen LogP contribution in [0, 0.1) is 6.92 Å². The molecular formula is C24H31ClN4. The normalized spacial score (nSPS) is 13.9. The van der Waals surface area contributed by atoms with Crippen molar-refractivity contribution < 1.29 is 0 Å². The van der Waals surface area contributed by atoms with Crippen molar-refractivity contribution in [3.05, 3.63) is 77.7 Å². The fourth-order valence-electron chi connectivity index (χ4n) is 3.57. The summed E-state index contributed by atoms with van der Waals surface area (Å²) in [5, 5.41) is 7.50. The maximum Gasteiger partial charge on any atom is 0.0985 e. The lowest BCUT2D eigenvalue weighted by molar-refractivity contribution is 0.326. The van der Waals surface area contributed by atoms with Crippen LogP contribution in [0.5, 0.6) is 0 Å². The number of hydrogen-bond donors (Lipinski definition) is 2. The van der Waals surface area contributed by atoms with E-state index in [-0.39, 0.29) is 0 Å². The van der Waals surface area contributed by atoms with Gasteiger partial charge in [0.2, 0.25) is 0 Å². The van der Waals surface area contributed by atoms with Gasteiger partial charge in [0.15, 0.2) is 0 Å². The highest BCUT2D eigenvalue weighted by Crippen LogP contribution is 2.27. The first-order chi connectivity index (χ1) is 14.0. The molecular weight excluding hydrogens is 380 g/mol. The molecule has 0 bridgehead atoms. The molecule has 0 spiro atoms. The quantitative estimate of drug-likeness (QED) is 0.552. The van der Waals surface area contributed by atoms with Gasteiger partial charge in [-0.15, -0.1) is 0 Å². The smallest absolute Gasteiger partial charge is 0.0985 e. The van der Waals surface area contributed by atoms with E-state index in [4.69, 9.17) is 11.6 Å². The van der Waals surface area contributed by atoms with E-state index in [1.54, 1.807) is 0 Å². The first kappa shape index (κ1) is 21.1. The third kappa shape index (κ3) is 5.48. The molecule has 1 fully saturated rings. The Labute approximate surface area is 179 Å². The minimum atomic E-state index is 0.722. The van der Waals surface area contributed by atoms with Crippen molar-refractivity contribution in [2.24, 2.45) is 0 Å². The molecule has 0 amide bonds. The standard InChI is InChI=1S/C24H31ClN4/c1-5-7-19(3)26-21-10-12-22(13-11-21)29-16-14-28(15-17-29)20(4)27-24-18(2)8-6-9-23(24)25/h6,8-13,26-27H,3-5,7,14-17H2,1-2H3. The van der Waals surface area contributed by atoms with Crippen molar-refractivity contribution in [2.45, 2.75) is 26.7 Å². The summed E-state index contributed by atoms with van der Waals surface area (Å²) in [6.07, 6.45) is 2.10. The number of nitrogens with zero attached hydrogens (tertiary/aromatic N) is 2. The number of nitrogens with one attached hydrogen (secondary N) is 2. The van der Waals surface area contributed by atoms with Gasteiger partial charge in [0.05, 0.1) is 16.5 Å². The fourth-order valence-corrected chi connectivity index (χ4v) is 3.84. The van der Waals surface area contributed by atoms with E-state index in [0.717, 1.165) is 72.5 Å². The lowest BCUT2D eigenvalue weighted by atomic mass is 10.2. The second-order valence-electron chi connectivity index (χ2n) is 7.50. The third-order valence-corrected chi connectivity index (χ3v) is 5.57. The molecule has 0 atom stereocenters. The molecule has 5 heteroatoms. The van der Waals surface area contributed by atoms with Gasteiger partial charge in [-0.05, 0) is 49.2 Å². The molecule has 4 nitrogen and oxygen atoms in total. The Balaban J connectivity index is 1.53. The van der Waals surface area contributed by atoms with Gasteiger partial charge in [0.1, 0.15) is 0 Å². The maximum absolute atomic E-state index is 6.34. The van der Waals surface area contributed by atoms with E-state index in [9.17, 15) is 0 Å². The highest BCUT2D eigenvalue weighted by atomic mass is 35.5. The summed E-state index contributed by atoms with van der Waals surface area (Å²) < 4.78 is 0. The number of para-hydroxylation sites is 1. The van der Waals surface area contributed by atoms with Gasteiger partial charge in [0.25, 0.3) is 0 Å². The molecule has 3 rings (SSSR count). The Bertz CT molecular complexity index is 831. The number of piperazine rings is 1. The molecule has 1 saturated heterocycles. The molecule has 0 unspecified atom stereocenters. The number of allylic oxidation sites excluding steroid dienone is 1. The van der Waals surface area contributed by atoms with Crippen molar-refractivity contribution in [3.8, 4) is 0 Å². The maximum atomic E-state index is 6.34. The molecule has 1 aliphatic heterocycles. The number of halogens is 1. The lowest BCUT2D eigenvalue weighted by Gasteiger charge is -2.38. The lowest BCUT2D eigenvalue weighted by Crippen LogP contribution is -2.46. The Morgan fingerprint density at radius 2 is 1.69 bits per heavy atom. The average molecular weight is 411 g/mol. The zero-order chi connectivity index (χ0) is 20.8. The van der Waals surface area contributed by atoms with Gasteiger partial charge in [-0.25, -0.2) is 0 Å². The van der Waals surface area contributed by atoms with Crippen LogP contribution in [0.4, 0.5) is 17.1 Å². The monoisotopic (exact) mass is 410 g/mol. The Hall–Kier alpha value is -2.59. The molecule has 0 aromatic heterocycles. The Morgan fingerprint density at radius 3 is 2.31 bits per heavy atom. The van der Waals surface area contributed by atoms with Crippen molar-refractivity contribution in [1.82, 2.24) is 4.90 Å². The first-order valence-electron chi connectivity index (χ1n) is 10.2. The van der Waals surface area contributed by atoms with Crippen LogP contribution < -0.4 is 15.5 Å². The van der Waals surface area contributed by atoms with Gasteiger partial charge < -0.3 is 20.4 Å². The average Bonchev–Trinajstić information content (AvgIpc) is 2.71. The molecule has 29 heavy (non-hydrogen) atoms. The van der Waals surface area contributed by atoms with Crippen LogP contribution in [-0.2, 0) is 0 Å². The summed E-state index contributed by atoms with van der Waals surface area (Å²) in [6.45, 7) is 16.3. The molecule has 0 saturated carbocycles. The summed E-state index contributed by atoms with van der Waals surface area (Å²) in [5.74, 6) is 0.898. The molecule has 154 valence electrons. The molecule has 2 aromatic rings. The number of hydrogen-bond acceptors (Lipinski definition) is 4. The Morgan fingerprint density at radius 1 is 1.00 bits per heavy atom. The minimum Gasteiger partial charge on any atom is -0.368 e. The van der Waals surface area contributed by atoms with Gasteiger partial charge in [-0.2, -0.15) is 0 Å². The zero-order valence-electron chi connectivity index (χ0n) is 17.5. The second-order valence-corrected chi connectivity index (χ2v) is 7.91. The van der Waals surface area contributed by atoms with E-state index in [1.807, 2.05) is 12.1 Å². The van der Waals surface area contributed by atoms with Gasteiger partial charge in [0, 0.05) is 43.3 Å². The van der Waals surface area contributed by atoms with Crippen LogP contribution in [0.1, 0.15) is 25.3 Å². The molecule has 1 heterocycles. The summed E-state index contributed by atoms with van der Waals surface area (Å²) >= 11 is 6.34. The molecule has 0 radical (unpaired) electrons. The van der Waals surface area contributed by atoms with Crippen LogP contribution in [0.2, 0.25) is 5.02 Å². The predicted molar refractivity (Wildman–Crippen MR) is 127 cm³/mol. The summed E-state index contributed by atoms with van der Waals surface area (Å²) in [4.78, 5) is 4.69. The van der Waals surface area contributed by atoms with Crippen molar-refractivity contribution in [3.63, 3.8) is 0 Å². The van der Waals surface area contributed by atoms with Crippen LogP contribution in [-0.4, -0.2) is 31.1 Å². The number of anilines is 3. The van der Waals surface area contributed by atoms with Crippen molar-refractivity contribution >= 4 is 28.7 Å². The van der Waals surface area contributed by atoms with Gasteiger partial charge >= 0.3 is 0 Å². The van der Waals surface area contributed by atoms with Gasteiger partial charge in [-0.3, -0.25) is 0 Å². The highest BCUT2D eigenvalue weighted by Gasteiger charge is 2.19. The van der Waals surface area contributed by atoms with E-state index < -0.39 is 0 Å².